The average molecular weight is 411 g/mol. The number of ether oxygens (including phenoxy) is 1. The maximum absolute atomic E-state index is 12.6. The van der Waals surface area contributed by atoms with E-state index in [4.69, 9.17) is 4.74 Å². The van der Waals surface area contributed by atoms with Crippen LogP contribution in [0.1, 0.15) is 16.1 Å². The molecule has 0 aliphatic carbocycles. The van der Waals surface area contributed by atoms with E-state index in [0.717, 1.165) is 11.3 Å². The predicted molar refractivity (Wildman–Crippen MR) is 105 cm³/mol. The van der Waals surface area contributed by atoms with E-state index < -0.39 is 10.0 Å². The average Bonchev–Trinajstić information content (AvgIpc) is 3.09. The normalized spacial score (nSPS) is 15.6. The van der Waals surface area contributed by atoms with Crippen LogP contribution in [0.5, 0.6) is 5.75 Å². The van der Waals surface area contributed by atoms with E-state index in [9.17, 15) is 13.2 Å². The maximum atomic E-state index is 12.6. The highest BCUT2D eigenvalue weighted by atomic mass is 32.2. The van der Waals surface area contributed by atoms with E-state index in [0.29, 0.717) is 42.8 Å². The van der Waals surface area contributed by atoms with Crippen LogP contribution in [0.25, 0.3) is 0 Å². The van der Waals surface area contributed by atoms with Crippen LogP contribution in [0.2, 0.25) is 0 Å². The second-order valence-electron chi connectivity index (χ2n) is 6.32. The van der Waals surface area contributed by atoms with Gasteiger partial charge in [0, 0.05) is 31.6 Å². The summed E-state index contributed by atoms with van der Waals surface area (Å²) >= 11 is 1.33. The Balaban J connectivity index is 1.68. The molecule has 1 aliphatic rings. The van der Waals surface area contributed by atoms with Gasteiger partial charge in [0.05, 0.1) is 19.1 Å². The zero-order valence-electron chi connectivity index (χ0n) is 15.4. The summed E-state index contributed by atoms with van der Waals surface area (Å²) in [7, 11) is -1.62. The lowest BCUT2D eigenvalue weighted by Crippen LogP contribution is -2.50. The molecule has 2 aromatic rings. The minimum atomic E-state index is -3.22. The second-order valence-corrected chi connectivity index (χ2v) is 9.16. The largest absolute Gasteiger partial charge is 0.495 e. The zero-order valence-corrected chi connectivity index (χ0v) is 17.1. The van der Waals surface area contributed by atoms with Crippen molar-refractivity contribution in [1.29, 1.82) is 0 Å². The molecular weight excluding hydrogens is 388 g/mol. The molecule has 2 heterocycles. The van der Waals surface area contributed by atoms with Crippen LogP contribution in [-0.4, -0.2) is 68.1 Å². The van der Waals surface area contributed by atoms with Crippen LogP contribution in [0, 0.1) is 6.92 Å². The fourth-order valence-electron chi connectivity index (χ4n) is 2.85. The number of nitrogens with zero attached hydrogens (tertiary/aromatic N) is 3. The van der Waals surface area contributed by atoms with Gasteiger partial charge < -0.3 is 15.0 Å². The molecule has 0 saturated carbocycles. The topological polar surface area (TPSA) is 91.8 Å². The van der Waals surface area contributed by atoms with Crippen LogP contribution in [0.15, 0.2) is 23.6 Å². The van der Waals surface area contributed by atoms with E-state index in [1.807, 2.05) is 25.1 Å². The van der Waals surface area contributed by atoms with Gasteiger partial charge in [-0.25, -0.2) is 13.4 Å². The van der Waals surface area contributed by atoms with Gasteiger partial charge in [-0.15, -0.1) is 11.3 Å². The van der Waals surface area contributed by atoms with E-state index in [1.54, 1.807) is 17.4 Å². The lowest BCUT2D eigenvalue weighted by Gasteiger charge is -2.32. The molecule has 0 bridgehead atoms. The van der Waals surface area contributed by atoms with Crippen molar-refractivity contribution in [1.82, 2.24) is 14.2 Å². The summed E-state index contributed by atoms with van der Waals surface area (Å²) in [5.41, 5.74) is 2.21. The highest BCUT2D eigenvalue weighted by Gasteiger charge is 2.27. The van der Waals surface area contributed by atoms with Crippen LogP contribution in [0.3, 0.4) is 0 Å². The Hall–Kier alpha value is -2.17. The van der Waals surface area contributed by atoms with E-state index in [2.05, 4.69) is 10.3 Å². The first-order valence-electron chi connectivity index (χ1n) is 8.39. The third-order valence-corrected chi connectivity index (χ3v) is 6.38. The highest BCUT2D eigenvalue weighted by Crippen LogP contribution is 2.30. The van der Waals surface area contributed by atoms with Crippen molar-refractivity contribution in [2.24, 2.45) is 0 Å². The van der Waals surface area contributed by atoms with Gasteiger partial charge in [-0.2, -0.15) is 4.31 Å². The number of anilines is 2. The molecule has 0 atom stereocenters. The van der Waals surface area contributed by atoms with E-state index in [1.165, 1.54) is 21.9 Å². The van der Waals surface area contributed by atoms with E-state index in [-0.39, 0.29) is 5.91 Å². The molecule has 0 radical (unpaired) electrons. The second kappa shape index (κ2) is 7.83. The number of nitrogens with one attached hydrogen (secondary N) is 1. The monoisotopic (exact) mass is 410 g/mol. The van der Waals surface area contributed by atoms with Crippen molar-refractivity contribution in [2.45, 2.75) is 6.92 Å². The van der Waals surface area contributed by atoms with Crippen LogP contribution in [0.4, 0.5) is 10.8 Å². The number of aromatic nitrogens is 1. The molecule has 3 rings (SSSR count). The molecule has 1 amide bonds. The number of carbonyl (C=O) groups is 1. The summed E-state index contributed by atoms with van der Waals surface area (Å²) in [5.74, 6) is 0.504. The van der Waals surface area contributed by atoms with Crippen LogP contribution in [-0.2, 0) is 10.0 Å². The van der Waals surface area contributed by atoms with Gasteiger partial charge in [0.1, 0.15) is 11.4 Å². The molecule has 0 unspecified atom stereocenters. The molecular formula is C17H22N4O4S2. The zero-order chi connectivity index (χ0) is 19.6. The summed E-state index contributed by atoms with van der Waals surface area (Å²) in [5, 5.41) is 5.49. The highest BCUT2D eigenvalue weighted by molar-refractivity contribution is 7.88. The SMILES string of the molecule is COc1ccc(C)cc1Nc1nc(C(=O)N2CCN(S(C)(=O)=O)CC2)cs1. The Kier molecular flexibility index (Phi) is 5.68. The maximum Gasteiger partial charge on any atom is 0.273 e. The molecule has 1 N–H and O–H groups in total. The Morgan fingerprint density at radius 2 is 1.96 bits per heavy atom. The summed E-state index contributed by atoms with van der Waals surface area (Å²) in [4.78, 5) is 18.7. The summed E-state index contributed by atoms with van der Waals surface area (Å²) in [6, 6.07) is 5.78. The Morgan fingerprint density at radius 3 is 2.59 bits per heavy atom. The molecule has 1 fully saturated rings. The van der Waals surface area contributed by atoms with Crippen LogP contribution >= 0.6 is 11.3 Å². The number of benzene rings is 1. The number of sulfonamides is 1. The summed E-state index contributed by atoms with van der Waals surface area (Å²) in [6.45, 7) is 3.31. The Bertz CT molecular complexity index is 934. The lowest BCUT2D eigenvalue weighted by molar-refractivity contribution is 0.0693. The predicted octanol–water partition coefficient (Wildman–Crippen LogP) is 1.92. The van der Waals surface area contributed by atoms with Crippen LogP contribution < -0.4 is 10.1 Å². The minimum Gasteiger partial charge on any atom is -0.495 e. The standard InChI is InChI=1S/C17H22N4O4S2/c1-12-4-5-15(25-2)13(10-12)18-17-19-14(11-26-17)16(22)20-6-8-21(9-7-20)27(3,23)24/h4-5,10-11H,6-9H2,1-3H3,(H,18,19). The van der Waals surface area contributed by atoms with Gasteiger partial charge in [-0.3, -0.25) is 4.79 Å². The number of carbonyl (C=O) groups excluding carboxylic acids is 1. The first-order chi connectivity index (χ1) is 12.8. The molecule has 1 aromatic heterocycles. The van der Waals surface area contributed by atoms with Gasteiger partial charge in [-0.1, -0.05) is 6.07 Å². The van der Waals surface area contributed by atoms with Gasteiger partial charge >= 0.3 is 0 Å². The Morgan fingerprint density at radius 1 is 1.26 bits per heavy atom. The molecule has 8 nitrogen and oxygen atoms in total. The number of aryl methyl sites for hydroxylation is 1. The van der Waals surface area contributed by atoms with Gasteiger partial charge in [0.15, 0.2) is 5.13 Å². The summed E-state index contributed by atoms with van der Waals surface area (Å²) in [6.07, 6.45) is 1.18. The van der Waals surface area contributed by atoms with Crippen molar-refractivity contribution in [3.8, 4) is 5.75 Å². The third kappa shape index (κ3) is 4.57. The number of hydrogen-bond donors (Lipinski definition) is 1. The molecule has 27 heavy (non-hydrogen) atoms. The molecule has 1 saturated heterocycles. The number of methoxy groups -OCH3 is 1. The Labute approximate surface area is 162 Å². The summed E-state index contributed by atoms with van der Waals surface area (Å²) < 4.78 is 29.9. The van der Waals surface area contributed by atoms with Crippen molar-refractivity contribution >= 4 is 38.1 Å². The molecule has 146 valence electrons. The van der Waals surface area contributed by atoms with Gasteiger partial charge in [0.25, 0.3) is 5.91 Å². The fraction of sp³-hybridized carbons (Fsp3) is 0.412. The quantitative estimate of drug-likeness (QED) is 0.810. The number of piperazine rings is 1. The number of rotatable bonds is 5. The fourth-order valence-corrected chi connectivity index (χ4v) is 4.37. The van der Waals surface area contributed by atoms with Crippen molar-refractivity contribution in [2.75, 3.05) is 44.9 Å². The smallest absolute Gasteiger partial charge is 0.273 e. The minimum absolute atomic E-state index is 0.191. The number of amides is 1. The first kappa shape index (κ1) is 19.6. The molecule has 0 spiro atoms. The van der Waals surface area contributed by atoms with Crippen molar-refractivity contribution < 1.29 is 17.9 Å². The number of thiazole rings is 1. The van der Waals surface area contributed by atoms with Crippen molar-refractivity contribution in [3.63, 3.8) is 0 Å². The number of hydrogen-bond acceptors (Lipinski definition) is 7. The van der Waals surface area contributed by atoms with Gasteiger partial charge in [-0.05, 0) is 24.6 Å². The van der Waals surface area contributed by atoms with E-state index >= 15 is 0 Å². The third-order valence-electron chi connectivity index (χ3n) is 4.31. The molecule has 1 aromatic carbocycles. The molecule has 10 heteroatoms. The van der Waals surface area contributed by atoms with Gasteiger partial charge in [0.2, 0.25) is 10.0 Å². The lowest BCUT2D eigenvalue weighted by atomic mass is 10.2. The van der Waals surface area contributed by atoms with Crippen molar-refractivity contribution in [3.05, 3.63) is 34.8 Å². The molecule has 1 aliphatic heterocycles. The first-order valence-corrected chi connectivity index (χ1v) is 11.1.